The van der Waals surface area contributed by atoms with E-state index in [1.165, 1.54) is 24.8 Å². The van der Waals surface area contributed by atoms with Crippen LogP contribution in [0.5, 0.6) is 0 Å². The van der Waals surface area contributed by atoms with Gasteiger partial charge in [-0.1, -0.05) is 36.6 Å². The molecule has 0 saturated carbocycles. The molecule has 0 bridgehead atoms. The summed E-state index contributed by atoms with van der Waals surface area (Å²) < 4.78 is 0. The number of rotatable bonds is 4. The topological polar surface area (TPSA) is 17.1 Å². The minimum absolute atomic E-state index is 0.348. The second kappa shape index (κ2) is 5.47. The summed E-state index contributed by atoms with van der Waals surface area (Å²) in [5.74, 6) is 0. The standard InChI is InChI=1S/C15H24O/c1-12(9-11-16)7-8-14-13(2)6-5-10-15(14,3)4/h7,11H,5-6,8-10H2,1-4H3. The lowest BCUT2D eigenvalue weighted by Gasteiger charge is -2.34. The summed E-state index contributed by atoms with van der Waals surface area (Å²) in [5, 5.41) is 0. The molecule has 0 fully saturated rings. The van der Waals surface area contributed by atoms with E-state index < -0.39 is 0 Å². The summed E-state index contributed by atoms with van der Waals surface area (Å²) in [6.07, 6.45) is 8.67. The van der Waals surface area contributed by atoms with E-state index >= 15 is 0 Å². The van der Waals surface area contributed by atoms with Crippen LogP contribution >= 0.6 is 0 Å². The molecule has 0 heterocycles. The van der Waals surface area contributed by atoms with Crippen molar-refractivity contribution in [1.29, 1.82) is 0 Å². The first kappa shape index (κ1) is 13.2. The zero-order valence-corrected chi connectivity index (χ0v) is 11.1. The van der Waals surface area contributed by atoms with Crippen LogP contribution in [0.4, 0.5) is 0 Å². The zero-order chi connectivity index (χ0) is 12.2. The van der Waals surface area contributed by atoms with Gasteiger partial charge in [-0.25, -0.2) is 0 Å². The largest absolute Gasteiger partial charge is 0.303 e. The van der Waals surface area contributed by atoms with Gasteiger partial charge < -0.3 is 4.79 Å². The summed E-state index contributed by atoms with van der Waals surface area (Å²) in [4.78, 5) is 10.4. The van der Waals surface area contributed by atoms with E-state index in [2.05, 4.69) is 26.8 Å². The van der Waals surface area contributed by atoms with E-state index in [1.54, 1.807) is 11.1 Å². The molecule has 0 unspecified atom stereocenters. The predicted octanol–water partition coefficient (Wildman–Crippen LogP) is 4.44. The molecule has 0 spiro atoms. The highest BCUT2D eigenvalue weighted by Crippen LogP contribution is 2.41. The van der Waals surface area contributed by atoms with Gasteiger partial charge in [-0.15, -0.1) is 0 Å². The van der Waals surface area contributed by atoms with Crippen LogP contribution in [0.25, 0.3) is 0 Å². The van der Waals surface area contributed by atoms with Crippen molar-refractivity contribution in [2.75, 3.05) is 0 Å². The minimum atomic E-state index is 0.348. The van der Waals surface area contributed by atoms with Gasteiger partial charge in [0.2, 0.25) is 0 Å². The highest BCUT2D eigenvalue weighted by molar-refractivity contribution is 5.53. The molecule has 1 aliphatic rings. The van der Waals surface area contributed by atoms with E-state index in [4.69, 9.17) is 0 Å². The fourth-order valence-corrected chi connectivity index (χ4v) is 2.62. The monoisotopic (exact) mass is 220 g/mol. The van der Waals surface area contributed by atoms with Crippen molar-refractivity contribution in [3.8, 4) is 0 Å². The van der Waals surface area contributed by atoms with Crippen molar-refractivity contribution < 1.29 is 4.79 Å². The quantitative estimate of drug-likeness (QED) is 0.505. The molecule has 0 amide bonds. The van der Waals surface area contributed by atoms with Crippen molar-refractivity contribution in [2.45, 2.75) is 59.8 Å². The van der Waals surface area contributed by atoms with E-state index in [-0.39, 0.29) is 0 Å². The molecule has 0 N–H and O–H groups in total. The molecule has 0 aromatic rings. The predicted molar refractivity (Wildman–Crippen MR) is 69.4 cm³/mol. The van der Waals surface area contributed by atoms with E-state index in [9.17, 15) is 4.79 Å². The molecule has 1 heteroatoms. The Morgan fingerprint density at radius 2 is 2.12 bits per heavy atom. The lowest BCUT2D eigenvalue weighted by molar-refractivity contribution is -0.107. The zero-order valence-electron chi connectivity index (χ0n) is 11.1. The Kier molecular flexibility index (Phi) is 4.52. The normalized spacial score (nSPS) is 21.1. The van der Waals surface area contributed by atoms with Crippen molar-refractivity contribution >= 4 is 6.29 Å². The Balaban J connectivity index is 2.78. The smallest absolute Gasteiger partial charge is 0.124 e. The first-order valence-electron chi connectivity index (χ1n) is 6.26. The molecule has 0 saturated heterocycles. The Labute approximate surface area is 99.6 Å². The summed E-state index contributed by atoms with van der Waals surface area (Å²) in [6.45, 7) is 8.99. The summed E-state index contributed by atoms with van der Waals surface area (Å²) in [5.41, 5.74) is 4.69. The van der Waals surface area contributed by atoms with Crippen LogP contribution in [-0.2, 0) is 4.79 Å². The molecule has 0 aromatic carbocycles. The molecule has 0 radical (unpaired) electrons. The highest BCUT2D eigenvalue weighted by Gasteiger charge is 2.27. The van der Waals surface area contributed by atoms with Crippen LogP contribution in [0, 0.1) is 5.41 Å². The molecule has 0 aliphatic heterocycles. The van der Waals surface area contributed by atoms with Gasteiger partial charge in [-0.3, -0.25) is 0 Å². The Hall–Kier alpha value is -0.850. The number of hydrogen-bond acceptors (Lipinski definition) is 1. The van der Waals surface area contributed by atoms with Crippen LogP contribution in [0.2, 0.25) is 0 Å². The van der Waals surface area contributed by atoms with Gasteiger partial charge >= 0.3 is 0 Å². The molecule has 1 nitrogen and oxygen atoms in total. The Morgan fingerprint density at radius 3 is 2.69 bits per heavy atom. The fourth-order valence-electron chi connectivity index (χ4n) is 2.62. The van der Waals surface area contributed by atoms with Gasteiger partial charge in [0.1, 0.15) is 6.29 Å². The molecular formula is C15H24O. The molecule has 1 rings (SSSR count). The molecule has 90 valence electrons. The third-order valence-corrected chi connectivity index (χ3v) is 3.75. The second-order valence-corrected chi connectivity index (χ2v) is 5.62. The van der Waals surface area contributed by atoms with E-state index in [1.807, 2.05) is 6.92 Å². The summed E-state index contributed by atoms with van der Waals surface area (Å²) >= 11 is 0. The Bertz CT molecular complexity index is 318. The molecule has 1 aliphatic carbocycles. The van der Waals surface area contributed by atoms with Gasteiger partial charge in [-0.05, 0) is 44.9 Å². The van der Waals surface area contributed by atoms with Crippen LogP contribution in [0.1, 0.15) is 59.8 Å². The van der Waals surface area contributed by atoms with Crippen LogP contribution in [0.15, 0.2) is 22.8 Å². The van der Waals surface area contributed by atoms with Gasteiger partial charge in [0.25, 0.3) is 0 Å². The summed E-state index contributed by atoms with van der Waals surface area (Å²) in [6, 6.07) is 0. The van der Waals surface area contributed by atoms with Crippen LogP contribution in [-0.4, -0.2) is 6.29 Å². The third kappa shape index (κ3) is 3.33. The van der Waals surface area contributed by atoms with Crippen molar-refractivity contribution in [2.24, 2.45) is 5.41 Å². The molecule has 16 heavy (non-hydrogen) atoms. The van der Waals surface area contributed by atoms with E-state index in [0.717, 1.165) is 12.7 Å². The van der Waals surface area contributed by atoms with Crippen molar-refractivity contribution in [3.05, 3.63) is 22.8 Å². The second-order valence-electron chi connectivity index (χ2n) is 5.62. The molecule has 0 atom stereocenters. The van der Waals surface area contributed by atoms with E-state index in [0.29, 0.717) is 11.8 Å². The maximum absolute atomic E-state index is 10.4. The van der Waals surface area contributed by atoms with Gasteiger partial charge in [0.05, 0.1) is 0 Å². The van der Waals surface area contributed by atoms with Gasteiger partial charge in [-0.2, -0.15) is 0 Å². The number of carbonyl (C=O) groups excluding carboxylic acids is 1. The summed E-state index contributed by atoms with van der Waals surface area (Å²) in [7, 11) is 0. The molecule has 0 aromatic heterocycles. The lowest BCUT2D eigenvalue weighted by Crippen LogP contribution is -2.20. The average Bonchev–Trinajstić information content (AvgIpc) is 2.16. The average molecular weight is 220 g/mol. The first-order valence-corrected chi connectivity index (χ1v) is 6.26. The van der Waals surface area contributed by atoms with Crippen molar-refractivity contribution in [3.63, 3.8) is 0 Å². The number of hydrogen-bond donors (Lipinski definition) is 0. The van der Waals surface area contributed by atoms with Crippen LogP contribution in [0.3, 0.4) is 0 Å². The number of allylic oxidation sites excluding steroid dienone is 4. The van der Waals surface area contributed by atoms with Gasteiger partial charge in [0, 0.05) is 6.42 Å². The maximum atomic E-state index is 10.4. The Morgan fingerprint density at radius 1 is 1.44 bits per heavy atom. The number of aldehydes is 1. The first-order chi connectivity index (χ1) is 7.47. The third-order valence-electron chi connectivity index (χ3n) is 3.75. The van der Waals surface area contributed by atoms with Gasteiger partial charge in [0.15, 0.2) is 0 Å². The van der Waals surface area contributed by atoms with Crippen LogP contribution < -0.4 is 0 Å². The highest BCUT2D eigenvalue weighted by atomic mass is 16.1. The van der Waals surface area contributed by atoms with Crippen molar-refractivity contribution in [1.82, 2.24) is 0 Å². The SMILES string of the molecule is CC(=CCC1=C(C)CCCC1(C)C)CC=O. The lowest BCUT2D eigenvalue weighted by atomic mass is 9.71. The number of carbonyl (C=O) groups is 1. The molecular weight excluding hydrogens is 196 g/mol. The fraction of sp³-hybridized carbons (Fsp3) is 0.667. The minimum Gasteiger partial charge on any atom is -0.303 e. The maximum Gasteiger partial charge on any atom is 0.124 e.